The van der Waals surface area contributed by atoms with E-state index in [1.807, 2.05) is 32.2 Å². The first kappa shape index (κ1) is 15.2. The van der Waals surface area contributed by atoms with Crippen LogP contribution in [0.15, 0.2) is 11.4 Å². The third-order valence-electron chi connectivity index (χ3n) is 4.69. The maximum Gasteiger partial charge on any atom is 0.279 e. The number of hydrogen-bond acceptors (Lipinski definition) is 3. The van der Waals surface area contributed by atoms with Crippen molar-refractivity contribution in [3.05, 3.63) is 33.3 Å². The zero-order valence-electron chi connectivity index (χ0n) is 13.6. The van der Waals surface area contributed by atoms with Gasteiger partial charge in [0.2, 0.25) is 0 Å². The molecule has 0 aromatic carbocycles. The maximum absolute atomic E-state index is 12.4. The van der Waals surface area contributed by atoms with Crippen LogP contribution >= 0.6 is 11.3 Å². The molecule has 0 fully saturated rings. The van der Waals surface area contributed by atoms with Crippen molar-refractivity contribution in [2.75, 3.05) is 18.4 Å². The highest BCUT2D eigenvalue weighted by Crippen LogP contribution is 2.24. The van der Waals surface area contributed by atoms with E-state index in [9.17, 15) is 4.79 Å². The second kappa shape index (κ2) is 5.85. The van der Waals surface area contributed by atoms with Crippen molar-refractivity contribution in [3.63, 3.8) is 0 Å². The fourth-order valence-electron chi connectivity index (χ4n) is 3.24. The van der Waals surface area contributed by atoms with Crippen LogP contribution in [0.1, 0.15) is 34.8 Å². The molecule has 2 aromatic heterocycles. The minimum Gasteiger partial charge on any atom is -0.321 e. The van der Waals surface area contributed by atoms with Crippen molar-refractivity contribution in [2.24, 2.45) is 7.05 Å². The van der Waals surface area contributed by atoms with Gasteiger partial charge in [-0.15, -0.1) is 11.3 Å². The van der Waals surface area contributed by atoms with Gasteiger partial charge in [0, 0.05) is 23.9 Å². The number of nitrogens with zero attached hydrogens (tertiary/aromatic N) is 2. The van der Waals surface area contributed by atoms with Crippen LogP contribution in [0.25, 0.3) is 0 Å². The summed E-state index contributed by atoms with van der Waals surface area (Å²) in [5.74, 6) is 0.0692. The lowest BCUT2D eigenvalue weighted by atomic mass is 10.0. The lowest BCUT2D eigenvalue weighted by molar-refractivity contribution is -0.923. The first-order valence-corrected chi connectivity index (χ1v) is 8.56. The second-order valence-corrected chi connectivity index (χ2v) is 7.07. The fourth-order valence-corrected chi connectivity index (χ4v) is 4.22. The van der Waals surface area contributed by atoms with Gasteiger partial charge in [-0.1, -0.05) is 0 Å². The number of anilines is 1. The quantitative estimate of drug-likeness (QED) is 0.894. The molecule has 22 heavy (non-hydrogen) atoms. The molecule has 0 saturated heterocycles. The topological polar surface area (TPSA) is 51.4 Å². The van der Waals surface area contributed by atoms with Crippen molar-refractivity contribution in [1.29, 1.82) is 0 Å². The highest BCUT2D eigenvalue weighted by atomic mass is 32.1. The SMILES string of the molecule is Cc1nn(C)c(C)c1NC(=O)C[NH+]1CCc2sccc2[C@@H]1C. The maximum atomic E-state index is 12.4. The third kappa shape index (κ3) is 2.68. The summed E-state index contributed by atoms with van der Waals surface area (Å²) in [5, 5.41) is 9.55. The molecule has 2 aromatic rings. The summed E-state index contributed by atoms with van der Waals surface area (Å²) in [4.78, 5) is 15.2. The van der Waals surface area contributed by atoms with E-state index in [2.05, 4.69) is 28.8 Å². The van der Waals surface area contributed by atoms with E-state index in [1.54, 1.807) is 4.68 Å². The van der Waals surface area contributed by atoms with Crippen LogP contribution in [-0.4, -0.2) is 28.8 Å². The summed E-state index contributed by atoms with van der Waals surface area (Å²) in [6.45, 7) is 7.64. The molecule has 1 aliphatic rings. The van der Waals surface area contributed by atoms with E-state index in [4.69, 9.17) is 0 Å². The van der Waals surface area contributed by atoms with Gasteiger partial charge in [0.25, 0.3) is 5.91 Å². The lowest BCUT2D eigenvalue weighted by Crippen LogP contribution is -3.14. The Morgan fingerprint density at radius 3 is 3.00 bits per heavy atom. The van der Waals surface area contributed by atoms with Crippen LogP contribution in [0.5, 0.6) is 0 Å². The number of carbonyl (C=O) groups excluding carboxylic acids is 1. The number of rotatable bonds is 3. The van der Waals surface area contributed by atoms with Gasteiger partial charge in [-0.25, -0.2) is 0 Å². The number of quaternary nitrogens is 1. The van der Waals surface area contributed by atoms with Gasteiger partial charge in [-0.2, -0.15) is 5.10 Å². The molecule has 118 valence electrons. The van der Waals surface area contributed by atoms with Crippen LogP contribution < -0.4 is 10.2 Å². The van der Waals surface area contributed by atoms with Gasteiger partial charge in [0.15, 0.2) is 6.54 Å². The van der Waals surface area contributed by atoms with Gasteiger partial charge in [-0.05, 0) is 32.2 Å². The Hall–Kier alpha value is -1.66. The summed E-state index contributed by atoms with van der Waals surface area (Å²) in [7, 11) is 1.90. The molecule has 2 atom stereocenters. The number of thiophene rings is 1. The van der Waals surface area contributed by atoms with Gasteiger partial charge in [0.1, 0.15) is 6.04 Å². The molecule has 0 radical (unpaired) electrons. The van der Waals surface area contributed by atoms with Crippen LogP contribution in [0.4, 0.5) is 5.69 Å². The first-order chi connectivity index (χ1) is 10.5. The first-order valence-electron chi connectivity index (χ1n) is 7.68. The second-order valence-electron chi connectivity index (χ2n) is 6.07. The van der Waals surface area contributed by atoms with Crippen molar-refractivity contribution in [3.8, 4) is 0 Å². The van der Waals surface area contributed by atoms with Gasteiger partial charge in [-0.3, -0.25) is 9.48 Å². The molecule has 0 bridgehead atoms. The van der Waals surface area contributed by atoms with Crippen molar-refractivity contribution in [1.82, 2.24) is 9.78 Å². The lowest BCUT2D eigenvalue weighted by Gasteiger charge is -2.29. The zero-order valence-corrected chi connectivity index (χ0v) is 14.4. The van der Waals surface area contributed by atoms with Crippen molar-refractivity contribution < 1.29 is 9.69 Å². The Labute approximate surface area is 134 Å². The Kier molecular flexibility index (Phi) is 4.06. The molecular weight excluding hydrogens is 296 g/mol. The standard InChI is InChI=1S/C16H22N4OS/c1-10-16(12(3)19(4)18-10)17-15(21)9-20-7-5-14-13(11(20)2)6-8-22-14/h6,8,11H,5,7,9H2,1-4H3,(H,17,21)/p+1/t11-/m0/s1. The monoisotopic (exact) mass is 319 g/mol. The zero-order chi connectivity index (χ0) is 15.9. The molecule has 0 saturated carbocycles. The van der Waals surface area contributed by atoms with E-state index in [1.165, 1.54) is 15.3 Å². The van der Waals surface area contributed by atoms with E-state index < -0.39 is 0 Å². The number of fused-ring (bicyclic) bond motifs is 1. The molecule has 5 nitrogen and oxygen atoms in total. The van der Waals surface area contributed by atoms with Crippen LogP contribution in [0.2, 0.25) is 0 Å². The molecule has 3 rings (SSSR count). The molecule has 0 aliphatic carbocycles. The Bertz CT molecular complexity index is 703. The van der Waals surface area contributed by atoms with Gasteiger partial charge >= 0.3 is 0 Å². The normalized spacial score (nSPS) is 20.7. The molecule has 0 spiro atoms. The summed E-state index contributed by atoms with van der Waals surface area (Å²) in [6, 6.07) is 2.59. The molecule has 1 amide bonds. The minimum absolute atomic E-state index is 0.0692. The van der Waals surface area contributed by atoms with Crippen LogP contribution in [0.3, 0.4) is 0 Å². The van der Waals surface area contributed by atoms with Crippen LogP contribution in [-0.2, 0) is 18.3 Å². The largest absolute Gasteiger partial charge is 0.321 e. The molecular formula is C16H23N4OS+. The predicted molar refractivity (Wildman–Crippen MR) is 88.4 cm³/mol. The number of nitrogens with one attached hydrogen (secondary N) is 2. The van der Waals surface area contributed by atoms with E-state index in [-0.39, 0.29) is 5.91 Å². The number of hydrogen-bond donors (Lipinski definition) is 2. The smallest absolute Gasteiger partial charge is 0.279 e. The molecule has 3 heterocycles. The summed E-state index contributed by atoms with van der Waals surface area (Å²) >= 11 is 1.83. The molecule has 6 heteroatoms. The Balaban J connectivity index is 1.68. The molecule has 1 unspecified atom stereocenters. The van der Waals surface area contributed by atoms with E-state index in [0.717, 1.165) is 30.0 Å². The average Bonchev–Trinajstić information content (AvgIpc) is 3.03. The van der Waals surface area contributed by atoms with E-state index >= 15 is 0 Å². The molecule has 2 N–H and O–H groups in total. The summed E-state index contributed by atoms with van der Waals surface area (Å²) in [5.41, 5.74) is 4.13. The highest BCUT2D eigenvalue weighted by Gasteiger charge is 2.30. The predicted octanol–water partition coefficient (Wildman–Crippen LogP) is 1.24. The van der Waals surface area contributed by atoms with Crippen molar-refractivity contribution in [2.45, 2.75) is 33.2 Å². The minimum atomic E-state index is 0.0692. The Morgan fingerprint density at radius 1 is 1.55 bits per heavy atom. The van der Waals surface area contributed by atoms with E-state index in [0.29, 0.717) is 12.6 Å². The fraction of sp³-hybridized carbons (Fsp3) is 0.500. The third-order valence-corrected chi connectivity index (χ3v) is 5.69. The average molecular weight is 319 g/mol. The number of aromatic nitrogens is 2. The Morgan fingerprint density at radius 2 is 2.32 bits per heavy atom. The number of amides is 1. The van der Waals surface area contributed by atoms with Crippen molar-refractivity contribution >= 4 is 22.9 Å². The van der Waals surface area contributed by atoms with Gasteiger partial charge in [0.05, 0.1) is 23.6 Å². The highest BCUT2D eigenvalue weighted by molar-refractivity contribution is 7.10. The number of carbonyl (C=O) groups is 1. The number of aryl methyl sites for hydroxylation is 2. The summed E-state index contributed by atoms with van der Waals surface area (Å²) < 4.78 is 1.80. The van der Waals surface area contributed by atoms with Gasteiger partial charge < -0.3 is 10.2 Å². The van der Waals surface area contributed by atoms with Crippen LogP contribution in [0, 0.1) is 13.8 Å². The molecule has 1 aliphatic heterocycles. The summed E-state index contributed by atoms with van der Waals surface area (Å²) in [6.07, 6.45) is 1.07.